The molecule has 2 aromatic carbocycles. The van der Waals surface area contributed by atoms with E-state index in [-0.39, 0.29) is 6.61 Å². The van der Waals surface area contributed by atoms with Gasteiger partial charge in [0, 0.05) is 10.4 Å². The van der Waals surface area contributed by atoms with Crippen molar-refractivity contribution < 1.29 is 5.11 Å². The zero-order valence-corrected chi connectivity index (χ0v) is 10.3. The smallest absolute Gasteiger partial charge is 0.0932 e. The van der Waals surface area contributed by atoms with E-state index in [0.29, 0.717) is 5.02 Å². The van der Waals surface area contributed by atoms with Crippen molar-refractivity contribution in [1.29, 1.82) is 0 Å². The van der Waals surface area contributed by atoms with Gasteiger partial charge in [0.15, 0.2) is 0 Å². The molecular formula is C14H11ClN2O. The van der Waals surface area contributed by atoms with Crippen LogP contribution in [0.3, 0.4) is 0 Å². The number of benzene rings is 2. The third kappa shape index (κ3) is 1.78. The molecule has 0 fully saturated rings. The Balaban J connectivity index is 2.30. The van der Waals surface area contributed by atoms with Crippen molar-refractivity contribution in [3.05, 3.63) is 59.2 Å². The van der Waals surface area contributed by atoms with E-state index in [9.17, 15) is 5.11 Å². The monoisotopic (exact) mass is 258 g/mol. The van der Waals surface area contributed by atoms with Crippen LogP contribution in [0, 0.1) is 0 Å². The summed E-state index contributed by atoms with van der Waals surface area (Å²) < 4.78 is 1.75. The van der Waals surface area contributed by atoms with E-state index in [1.165, 1.54) is 0 Å². The highest BCUT2D eigenvalue weighted by atomic mass is 35.5. The number of aromatic nitrogens is 2. The second kappa shape index (κ2) is 4.44. The summed E-state index contributed by atoms with van der Waals surface area (Å²) in [5, 5.41) is 15.6. The standard InChI is InChI=1S/C14H11ClN2O/c15-10-6-7-13-12(8-10)14(9-18)17(16-13)11-4-2-1-3-5-11/h1-8,18H,9H2. The molecule has 3 rings (SSSR count). The summed E-state index contributed by atoms with van der Waals surface area (Å²) in [7, 11) is 0. The minimum atomic E-state index is -0.0776. The van der Waals surface area contributed by atoms with Crippen LogP contribution < -0.4 is 0 Å². The summed E-state index contributed by atoms with van der Waals surface area (Å²) in [5.41, 5.74) is 2.50. The van der Waals surface area contributed by atoms with Crippen molar-refractivity contribution >= 4 is 22.5 Å². The van der Waals surface area contributed by atoms with E-state index in [4.69, 9.17) is 11.6 Å². The molecule has 0 amide bonds. The molecule has 18 heavy (non-hydrogen) atoms. The van der Waals surface area contributed by atoms with Crippen LogP contribution in [0.25, 0.3) is 16.6 Å². The van der Waals surface area contributed by atoms with Gasteiger partial charge in [0.1, 0.15) is 0 Å². The number of halogens is 1. The highest BCUT2D eigenvalue weighted by Gasteiger charge is 2.11. The number of aliphatic hydroxyl groups excluding tert-OH is 1. The van der Waals surface area contributed by atoms with E-state index in [0.717, 1.165) is 22.3 Å². The molecule has 1 N–H and O–H groups in total. The second-order valence-electron chi connectivity index (χ2n) is 4.01. The Kier molecular flexibility index (Phi) is 2.78. The van der Waals surface area contributed by atoms with Gasteiger partial charge in [-0.25, -0.2) is 4.68 Å². The van der Waals surface area contributed by atoms with Gasteiger partial charge in [-0.2, -0.15) is 5.10 Å². The van der Waals surface area contributed by atoms with Gasteiger partial charge >= 0.3 is 0 Å². The molecule has 1 aromatic heterocycles. The molecule has 0 aliphatic heterocycles. The predicted molar refractivity (Wildman–Crippen MR) is 72.0 cm³/mol. The molecule has 0 radical (unpaired) electrons. The molecule has 3 aromatic rings. The fourth-order valence-electron chi connectivity index (χ4n) is 2.04. The Morgan fingerprint density at radius 1 is 1.11 bits per heavy atom. The SMILES string of the molecule is OCc1c2cc(Cl)ccc2nn1-c1ccccc1. The van der Waals surface area contributed by atoms with Crippen LogP contribution in [0.5, 0.6) is 0 Å². The van der Waals surface area contributed by atoms with Gasteiger partial charge in [-0.3, -0.25) is 0 Å². The fourth-order valence-corrected chi connectivity index (χ4v) is 2.22. The van der Waals surface area contributed by atoms with Crippen molar-refractivity contribution in [2.45, 2.75) is 6.61 Å². The highest BCUT2D eigenvalue weighted by molar-refractivity contribution is 6.31. The molecule has 0 saturated carbocycles. The van der Waals surface area contributed by atoms with Crippen molar-refractivity contribution in [2.24, 2.45) is 0 Å². The second-order valence-corrected chi connectivity index (χ2v) is 4.45. The molecule has 0 atom stereocenters. The van der Waals surface area contributed by atoms with Crippen LogP contribution in [0.15, 0.2) is 48.5 Å². The maximum absolute atomic E-state index is 9.55. The van der Waals surface area contributed by atoms with Crippen LogP contribution in [0.1, 0.15) is 5.69 Å². The predicted octanol–water partition coefficient (Wildman–Crippen LogP) is 3.17. The number of hydrogen-bond donors (Lipinski definition) is 1. The summed E-state index contributed by atoms with van der Waals surface area (Å²) in [6.45, 7) is -0.0776. The molecule has 0 spiro atoms. The summed E-state index contributed by atoms with van der Waals surface area (Å²) in [4.78, 5) is 0. The van der Waals surface area contributed by atoms with Gasteiger partial charge in [-0.1, -0.05) is 29.8 Å². The molecule has 0 aliphatic carbocycles. The van der Waals surface area contributed by atoms with E-state index in [2.05, 4.69) is 5.10 Å². The molecule has 0 bridgehead atoms. The topological polar surface area (TPSA) is 38.1 Å². The largest absolute Gasteiger partial charge is 0.390 e. The third-order valence-electron chi connectivity index (χ3n) is 2.88. The van der Waals surface area contributed by atoms with Crippen LogP contribution in [-0.4, -0.2) is 14.9 Å². The molecule has 4 heteroatoms. The van der Waals surface area contributed by atoms with Gasteiger partial charge in [0.25, 0.3) is 0 Å². The van der Waals surface area contributed by atoms with Gasteiger partial charge in [-0.15, -0.1) is 0 Å². The van der Waals surface area contributed by atoms with Crippen LogP contribution in [0.2, 0.25) is 5.02 Å². The lowest BCUT2D eigenvalue weighted by Crippen LogP contribution is -2.01. The molecule has 0 saturated heterocycles. The van der Waals surface area contributed by atoms with Crippen molar-refractivity contribution in [3.8, 4) is 5.69 Å². The van der Waals surface area contributed by atoms with Gasteiger partial charge in [-0.05, 0) is 30.3 Å². The van der Waals surface area contributed by atoms with E-state index < -0.39 is 0 Å². The van der Waals surface area contributed by atoms with Crippen LogP contribution in [-0.2, 0) is 6.61 Å². The zero-order valence-electron chi connectivity index (χ0n) is 9.55. The van der Waals surface area contributed by atoms with Crippen molar-refractivity contribution in [2.75, 3.05) is 0 Å². The van der Waals surface area contributed by atoms with E-state index in [1.54, 1.807) is 10.7 Å². The maximum Gasteiger partial charge on any atom is 0.0932 e. The lowest BCUT2D eigenvalue weighted by atomic mass is 10.2. The van der Waals surface area contributed by atoms with Crippen LogP contribution in [0.4, 0.5) is 0 Å². The first-order valence-corrected chi connectivity index (χ1v) is 6.01. The number of rotatable bonds is 2. The third-order valence-corrected chi connectivity index (χ3v) is 3.12. The van der Waals surface area contributed by atoms with Crippen LogP contribution >= 0.6 is 11.6 Å². The number of para-hydroxylation sites is 1. The summed E-state index contributed by atoms with van der Waals surface area (Å²) in [6, 6.07) is 15.2. The molecular weight excluding hydrogens is 248 g/mol. The van der Waals surface area contributed by atoms with E-state index in [1.807, 2.05) is 42.5 Å². The first kappa shape index (κ1) is 11.3. The summed E-state index contributed by atoms with van der Waals surface area (Å²) in [5.74, 6) is 0. The summed E-state index contributed by atoms with van der Waals surface area (Å²) >= 11 is 5.98. The van der Waals surface area contributed by atoms with Crippen molar-refractivity contribution in [3.63, 3.8) is 0 Å². The molecule has 1 heterocycles. The normalized spacial score (nSPS) is 11.0. The molecule has 90 valence electrons. The highest BCUT2D eigenvalue weighted by Crippen LogP contribution is 2.24. The minimum Gasteiger partial charge on any atom is -0.390 e. The number of hydrogen-bond acceptors (Lipinski definition) is 2. The zero-order chi connectivity index (χ0) is 12.5. The average molecular weight is 259 g/mol. The Morgan fingerprint density at radius 3 is 2.61 bits per heavy atom. The molecule has 0 aliphatic rings. The number of fused-ring (bicyclic) bond motifs is 1. The number of aliphatic hydroxyl groups is 1. The van der Waals surface area contributed by atoms with Gasteiger partial charge in [0.05, 0.1) is 23.5 Å². The van der Waals surface area contributed by atoms with Gasteiger partial charge in [0.2, 0.25) is 0 Å². The van der Waals surface area contributed by atoms with Crippen molar-refractivity contribution in [1.82, 2.24) is 9.78 Å². The molecule has 0 unspecified atom stereocenters. The molecule has 3 nitrogen and oxygen atoms in total. The van der Waals surface area contributed by atoms with E-state index >= 15 is 0 Å². The fraction of sp³-hybridized carbons (Fsp3) is 0.0714. The Hall–Kier alpha value is -1.84. The lowest BCUT2D eigenvalue weighted by Gasteiger charge is -2.04. The minimum absolute atomic E-state index is 0.0776. The quantitative estimate of drug-likeness (QED) is 0.767. The Bertz CT molecular complexity index is 692. The summed E-state index contributed by atoms with van der Waals surface area (Å²) in [6.07, 6.45) is 0. The first-order chi connectivity index (χ1) is 8.79. The Labute approximate surface area is 109 Å². The average Bonchev–Trinajstić information content (AvgIpc) is 2.77. The Morgan fingerprint density at radius 2 is 1.89 bits per heavy atom. The van der Waals surface area contributed by atoms with Gasteiger partial charge < -0.3 is 5.11 Å². The lowest BCUT2D eigenvalue weighted by molar-refractivity contribution is 0.274. The maximum atomic E-state index is 9.55. The number of nitrogens with zero attached hydrogens (tertiary/aromatic N) is 2. The first-order valence-electron chi connectivity index (χ1n) is 5.63.